The quantitative estimate of drug-likeness (QED) is 0.427. The zero-order valence-electron chi connectivity index (χ0n) is 11.4. The lowest BCUT2D eigenvalue weighted by Crippen LogP contribution is -2.03. The molecule has 0 saturated heterocycles. The Morgan fingerprint density at radius 1 is 0.941 bits per heavy atom. The molecule has 0 heterocycles. The molecule has 17 heavy (non-hydrogen) atoms. The van der Waals surface area contributed by atoms with E-state index in [9.17, 15) is 5.11 Å². The van der Waals surface area contributed by atoms with Gasteiger partial charge in [-0.05, 0) is 32.6 Å². The van der Waals surface area contributed by atoms with E-state index < -0.39 is 0 Å². The molecule has 0 fully saturated rings. The van der Waals surface area contributed by atoms with E-state index in [0.29, 0.717) is 0 Å². The number of allylic oxidation sites excluding steroid dienone is 6. The van der Waals surface area contributed by atoms with Crippen LogP contribution in [0.1, 0.15) is 58.8 Å². The summed E-state index contributed by atoms with van der Waals surface area (Å²) in [7, 11) is 0. The summed E-state index contributed by atoms with van der Waals surface area (Å²) in [6, 6.07) is 0. The maximum absolute atomic E-state index is 9.38. The Balaban J connectivity index is 3.23. The van der Waals surface area contributed by atoms with Crippen molar-refractivity contribution in [2.75, 3.05) is 0 Å². The van der Waals surface area contributed by atoms with Gasteiger partial charge in [-0.15, -0.1) is 0 Å². The monoisotopic (exact) mass is 236 g/mol. The van der Waals surface area contributed by atoms with Gasteiger partial charge < -0.3 is 5.11 Å². The van der Waals surface area contributed by atoms with Gasteiger partial charge in [-0.25, -0.2) is 0 Å². The highest BCUT2D eigenvalue weighted by Gasteiger charge is 1.98. The van der Waals surface area contributed by atoms with E-state index in [1.165, 1.54) is 25.7 Å². The smallest absolute Gasteiger partial charge is 0.0537 e. The molecular weight excluding hydrogens is 208 g/mol. The molecule has 0 aromatic carbocycles. The van der Waals surface area contributed by atoms with E-state index >= 15 is 0 Å². The van der Waals surface area contributed by atoms with Crippen LogP contribution >= 0.6 is 0 Å². The molecule has 0 radical (unpaired) electrons. The van der Waals surface area contributed by atoms with E-state index in [-0.39, 0.29) is 6.10 Å². The Morgan fingerprint density at radius 3 is 2.35 bits per heavy atom. The van der Waals surface area contributed by atoms with Gasteiger partial charge in [0.2, 0.25) is 0 Å². The normalized spacial score (nSPS) is 14.3. The molecule has 0 bridgehead atoms. The summed E-state index contributed by atoms with van der Waals surface area (Å²) in [6.45, 7) is 4.06. The zero-order valence-corrected chi connectivity index (χ0v) is 11.4. The largest absolute Gasteiger partial charge is 0.393 e. The van der Waals surface area contributed by atoms with E-state index in [1.807, 2.05) is 32.1 Å². The molecule has 1 unspecified atom stereocenters. The SMILES string of the molecule is CC=CC=CC=CCCCCCCC(O)CC. The number of rotatable bonds is 10. The summed E-state index contributed by atoms with van der Waals surface area (Å²) < 4.78 is 0. The number of aliphatic hydroxyl groups is 1. The van der Waals surface area contributed by atoms with Crippen molar-refractivity contribution in [3.05, 3.63) is 36.5 Å². The fourth-order valence-electron chi connectivity index (χ4n) is 1.61. The Bertz CT molecular complexity index is 226. The van der Waals surface area contributed by atoms with E-state index in [1.54, 1.807) is 0 Å². The summed E-state index contributed by atoms with van der Waals surface area (Å²) in [4.78, 5) is 0. The van der Waals surface area contributed by atoms with Crippen molar-refractivity contribution >= 4 is 0 Å². The first-order valence-corrected chi connectivity index (χ1v) is 6.93. The van der Waals surface area contributed by atoms with Gasteiger partial charge in [0.05, 0.1) is 6.10 Å². The zero-order chi connectivity index (χ0) is 12.8. The number of hydrogen-bond donors (Lipinski definition) is 1. The highest BCUT2D eigenvalue weighted by atomic mass is 16.3. The molecule has 0 aromatic rings. The minimum atomic E-state index is -0.0772. The van der Waals surface area contributed by atoms with Gasteiger partial charge in [-0.2, -0.15) is 0 Å². The third kappa shape index (κ3) is 13.1. The molecule has 0 aliphatic heterocycles. The van der Waals surface area contributed by atoms with E-state index in [4.69, 9.17) is 0 Å². The third-order valence-corrected chi connectivity index (χ3v) is 2.79. The van der Waals surface area contributed by atoms with E-state index in [2.05, 4.69) is 18.2 Å². The van der Waals surface area contributed by atoms with Gasteiger partial charge in [0, 0.05) is 0 Å². The van der Waals surface area contributed by atoms with Gasteiger partial charge in [0.15, 0.2) is 0 Å². The molecule has 1 N–H and O–H groups in total. The molecule has 0 aliphatic carbocycles. The molecule has 1 heteroatoms. The molecule has 0 amide bonds. The Kier molecular flexibility index (Phi) is 12.6. The second kappa shape index (κ2) is 13.2. The van der Waals surface area contributed by atoms with Gasteiger partial charge in [-0.1, -0.05) is 62.6 Å². The minimum Gasteiger partial charge on any atom is -0.393 e. The maximum Gasteiger partial charge on any atom is 0.0537 e. The second-order valence-corrected chi connectivity index (χ2v) is 4.39. The highest BCUT2D eigenvalue weighted by Crippen LogP contribution is 2.09. The lowest BCUT2D eigenvalue weighted by Gasteiger charge is -2.06. The van der Waals surface area contributed by atoms with Crippen molar-refractivity contribution in [1.82, 2.24) is 0 Å². The van der Waals surface area contributed by atoms with Crippen molar-refractivity contribution in [2.24, 2.45) is 0 Å². The fraction of sp³-hybridized carbons (Fsp3) is 0.625. The lowest BCUT2D eigenvalue weighted by molar-refractivity contribution is 0.156. The van der Waals surface area contributed by atoms with Crippen molar-refractivity contribution in [3.8, 4) is 0 Å². The van der Waals surface area contributed by atoms with Crippen LogP contribution < -0.4 is 0 Å². The first kappa shape index (κ1) is 16.2. The Labute approximate surface area is 107 Å². The van der Waals surface area contributed by atoms with Crippen LogP contribution in [0.5, 0.6) is 0 Å². The molecule has 0 aromatic heterocycles. The molecule has 1 atom stereocenters. The summed E-state index contributed by atoms with van der Waals surface area (Å²) in [5, 5.41) is 9.38. The maximum atomic E-state index is 9.38. The molecule has 1 nitrogen and oxygen atoms in total. The Hall–Kier alpha value is -0.820. The van der Waals surface area contributed by atoms with Crippen LogP contribution in [-0.4, -0.2) is 11.2 Å². The van der Waals surface area contributed by atoms with Crippen molar-refractivity contribution < 1.29 is 5.11 Å². The van der Waals surface area contributed by atoms with Gasteiger partial charge in [0.1, 0.15) is 0 Å². The van der Waals surface area contributed by atoms with Gasteiger partial charge in [-0.3, -0.25) is 0 Å². The lowest BCUT2D eigenvalue weighted by atomic mass is 10.1. The van der Waals surface area contributed by atoms with Crippen LogP contribution in [0.3, 0.4) is 0 Å². The van der Waals surface area contributed by atoms with Crippen molar-refractivity contribution in [1.29, 1.82) is 0 Å². The molecule has 98 valence electrons. The van der Waals surface area contributed by atoms with Gasteiger partial charge in [0.25, 0.3) is 0 Å². The fourth-order valence-corrected chi connectivity index (χ4v) is 1.61. The highest BCUT2D eigenvalue weighted by molar-refractivity contribution is 5.10. The molecule has 0 saturated carbocycles. The van der Waals surface area contributed by atoms with E-state index in [0.717, 1.165) is 19.3 Å². The predicted octanol–water partition coefficient (Wildman–Crippen LogP) is 4.79. The van der Waals surface area contributed by atoms with Crippen LogP contribution in [0.15, 0.2) is 36.5 Å². The second-order valence-electron chi connectivity index (χ2n) is 4.39. The van der Waals surface area contributed by atoms with Gasteiger partial charge >= 0.3 is 0 Å². The van der Waals surface area contributed by atoms with Crippen LogP contribution in [0.4, 0.5) is 0 Å². The Morgan fingerprint density at radius 2 is 1.65 bits per heavy atom. The molecular formula is C16H28O. The third-order valence-electron chi connectivity index (χ3n) is 2.79. The van der Waals surface area contributed by atoms with Crippen LogP contribution in [0.2, 0.25) is 0 Å². The molecule has 0 spiro atoms. The standard InChI is InChI=1S/C16H28O/c1-3-5-6-7-8-9-10-11-12-13-14-15-16(17)4-2/h3,5-9,16-17H,4,10-15H2,1-2H3. The first-order valence-electron chi connectivity index (χ1n) is 6.93. The number of unbranched alkanes of at least 4 members (excludes halogenated alkanes) is 4. The summed E-state index contributed by atoms with van der Waals surface area (Å²) in [5.74, 6) is 0. The van der Waals surface area contributed by atoms with Crippen LogP contribution in [0, 0.1) is 0 Å². The summed E-state index contributed by atoms with van der Waals surface area (Å²) in [5.41, 5.74) is 0. The number of aliphatic hydroxyl groups excluding tert-OH is 1. The molecule has 0 rings (SSSR count). The van der Waals surface area contributed by atoms with Crippen molar-refractivity contribution in [3.63, 3.8) is 0 Å². The summed E-state index contributed by atoms with van der Waals surface area (Å²) >= 11 is 0. The average Bonchev–Trinajstić information content (AvgIpc) is 2.35. The minimum absolute atomic E-state index is 0.0772. The average molecular weight is 236 g/mol. The predicted molar refractivity (Wildman–Crippen MR) is 77.1 cm³/mol. The van der Waals surface area contributed by atoms with Crippen LogP contribution in [-0.2, 0) is 0 Å². The van der Waals surface area contributed by atoms with Crippen molar-refractivity contribution in [2.45, 2.75) is 64.9 Å². The summed E-state index contributed by atoms with van der Waals surface area (Å²) in [6.07, 6.45) is 20.4. The topological polar surface area (TPSA) is 20.2 Å². The number of hydrogen-bond acceptors (Lipinski definition) is 1. The molecule has 0 aliphatic rings. The van der Waals surface area contributed by atoms with Crippen LogP contribution in [0.25, 0.3) is 0 Å². The first-order chi connectivity index (χ1) is 8.31.